The highest BCUT2D eigenvalue weighted by Gasteiger charge is 2.16. The van der Waals surface area contributed by atoms with Crippen molar-refractivity contribution in [1.29, 1.82) is 0 Å². The van der Waals surface area contributed by atoms with Crippen molar-refractivity contribution in [1.82, 2.24) is 9.97 Å². The largest absolute Gasteiger partial charge is 0.227 e. The topological polar surface area (TPSA) is 25.8 Å². The minimum atomic E-state index is 0.731. The number of hydrogen-bond donors (Lipinski definition) is 0. The first-order valence-electron chi connectivity index (χ1n) is 9.92. The predicted octanol–water partition coefficient (Wildman–Crippen LogP) is 6.65. The van der Waals surface area contributed by atoms with Gasteiger partial charge in [0.15, 0.2) is 5.82 Å². The smallest absolute Gasteiger partial charge is 0.160 e. The molecule has 0 aliphatic heterocycles. The third kappa shape index (κ3) is 3.44. The minimum absolute atomic E-state index is 0.731. The van der Waals surface area contributed by atoms with E-state index in [0.717, 1.165) is 46.7 Å². The first kappa shape index (κ1) is 17.4. The monoisotopic (exact) mass is 372 g/mol. The average Bonchev–Trinajstić information content (AvgIpc) is 2.79. The third-order valence-electron chi connectivity index (χ3n) is 5.26. The summed E-state index contributed by atoms with van der Waals surface area (Å²) < 4.78 is 0. The third-order valence-corrected chi connectivity index (χ3v) is 5.26. The van der Waals surface area contributed by atoms with Gasteiger partial charge in [-0.1, -0.05) is 77.7 Å². The van der Waals surface area contributed by atoms with E-state index in [1.54, 1.807) is 0 Å². The fourth-order valence-electron chi connectivity index (χ4n) is 3.69. The van der Waals surface area contributed by atoms with E-state index in [4.69, 9.17) is 9.97 Å². The number of allylic oxidation sites excluding steroid dienone is 4. The van der Waals surface area contributed by atoms with Crippen molar-refractivity contribution >= 4 is 17.7 Å². The van der Waals surface area contributed by atoms with Crippen LogP contribution in [0.1, 0.15) is 35.2 Å². The molecule has 1 aromatic heterocycles. The van der Waals surface area contributed by atoms with E-state index in [9.17, 15) is 0 Å². The number of fused-ring (bicyclic) bond motifs is 1. The Bertz CT molecular complexity index is 1260. The molecule has 0 unspecified atom stereocenters. The number of benzene rings is 2. The first-order chi connectivity index (χ1) is 14.3. The molecule has 2 aromatic carbocycles. The normalized spacial score (nSPS) is 14.0. The molecule has 0 N–H and O–H groups in total. The number of aromatic nitrogens is 2. The lowest BCUT2D eigenvalue weighted by molar-refractivity contribution is 1.04. The van der Waals surface area contributed by atoms with Gasteiger partial charge in [0.05, 0.1) is 11.4 Å². The van der Waals surface area contributed by atoms with Crippen LogP contribution in [0.5, 0.6) is 0 Å². The van der Waals surface area contributed by atoms with Crippen molar-refractivity contribution in [2.75, 3.05) is 0 Å². The summed E-state index contributed by atoms with van der Waals surface area (Å²) in [5.74, 6) is 0.731. The van der Waals surface area contributed by atoms with Gasteiger partial charge in [-0.2, -0.15) is 0 Å². The van der Waals surface area contributed by atoms with Gasteiger partial charge in [0, 0.05) is 28.8 Å². The van der Waals surface area contributed by atoms with Crippen molar-refractivity contribution in [3.63, 3.8) is 0 Å². The zero-order valence-electron chi connectivity index (χ0n) is 16.3. The van der Waals surface area contributed by atoms with E-state index in [1.165, 1.54) is 16.7 Å². The maximum atomic E-state index is 4.97. The highest BCUT2D eigenvalue weighted by atomic mass is 14.9. The quantitative estimate of drug-likeness (QED) is 0.376. The maximum Gasteiger partial charge on any atom is 0.160 e. The molecular formula is C27H20N2. The molecule has 0 radical (unpaired) electrons. The van der Waals surface area contributed by atoms with Crippen LogP contribution in [0.25, 0.3) is 40.4 Å². The van der Waals surface area contributed by atoms with E-state index in [1.807, 2.05) is 12.2 Å². The average molecular weight is 372 g/mol. The summed E-state index contributed by atoms with van der Waals surface area (Å²) in [7, 11) is 0. The molecule has 2 aliphatic carbocycles. The highest BCUT2D eigenvalue weighted by molar-refractivity contribution is 5.83. The zero-order chi connectivity index (χ0) is 19.6. The fourth-order valence-corrected chi connectivity index (χ4v) is 3.69. The van der Waals surface area contributed by atoms with Gasteiger partial charge in [0.25, 0.3) is 0 Å². The van der Waals surface area contributed by atoms with Crippen molar-refractivity contribution in [3.05, 3.63) is 101 Å². The fraction of sp³-hybridized carbons (Fsp3) is 0.111. The lowest BCUT2D eigenvalue weighted by Gasteiger charge is -2.14. The van der Waals surface area contributed by atoms with Gasteiger partial charge in [-0.25, -0.2) is 9.97 Å². The predicted molar refractivity (Wildman–Crippen MR) is 120 cm³/mol. The number of rotatable bonds is 3. The Balaban J connectivity index is 1.67. The zero-order valence-corrected chi connectivity index (χ0v) is 16.3. The summed E-state index contributed by atoms with van der Waals surface area (Å²) >= 11 is 0. The van der Waals surface area contributed by atoms with E-state index in [2.05, 4.69) is 85.1 Å². The Kier molecular flexibility index (Phi) is 4.42. The van der Waals surface area contributed by atoms with Crippen molar-refractivity contribution in [3.8, 4) is 22.6 Å². The lowest BCUT2D eigenvalue weighted by Crippen LogP contribution is -2.01. The van der Waals surface area contributed by atoms with Gasteiger partial charge in [-0.3, -0.25) is 0 Å². The minimum Gasteiger partial charge on any atom is -0.227 e. The summed E-state index contributed by atoms with van der Waals surface area (Å²) in [5.41, 5.74) is 14.7. The molecule has 0 amide bonds. The number of nitrogens with zero attached hydrogens (tertiary/aromatic N) is 2. The van der Waals surface area contributed by atoms with Gasteiger partial charge in [-0.15, -0.1) is 0 Å². The van der Waals surface area contributed by atoms with Crippen LogP contribution in [0, 0.1) is 6.92 Å². The van der Waals surface area contributed by atoms with Gasteiger partial charge in [-0.05, 0) is 37.0 Å². The standard InChI is InChI=1S/C27H20N2/c1-19-14-16-21(17-15-19)27-28-25-13-6-5-12-24(25)26(29-27)23-11-7-10-22(18-23)20-8-3-2-4-9-20/h3,7-18H,2,4H2,1H3. The molecule has 3 aromatic rings. The summed E-state index contributed by atoms with van der Waals surface area (Å²) in [5, 5.41) is 0. The molecule has 29 heavy (non-hydrogen) atoms. The van der Waals surface area contributed by atoms with E-state index < -0.39 is 0 Å². The van der Waals surface area contributed by atoms with Crippen molar-refractivity contribution in [2.45, 2.75) is 19.8 Å². The van der Waals surface area contributed by atoms with Crippen LogP contribution in [0.2, 0.25) is 0 Å². The van der Waals surface area contributed by atoms with Crippen LogP contribution in [0.15, 0.2) is 78.2 Å². The molecule has 0 spiro atoms. The Morgan fingerprint density at radius 1 is 0.828 bits per heavy atom. The first-order valence-corrected chi connectivity index (χ1v) is 9.92. The van der Waals surface area contributed by atoms with Crippen molar-refractivity contribution < 1.29 is 0 Å². The highest BCUT2D eigenvalue weighted by Crippen LogP contribution is 2.32. The molecule has 2 aliphatic rings. The molecule has 0 bridgehead atoms. The second-order valence-corrected chi connectivity index (χ2v) is 7.36. The molecule has 138 valence electrons. The van der Waals surface area contributed by atoms with Crippen LogP contribution < -0.4 is 0 Å². The summed E-state index contributed by atoms with van der Waals surface area (Å²) in [6, 6.07) is 16.9. The summed E-state index contributed by atoms with van der Waals surface area (Å²) in [6.45, 7) is 2.08. The van der Waals surface area contributed by atoms with Crippen LogP contribution in [-0.4, -0.2) is 9.97 Å². The second kappa shape index (κ2) is 7.37. The van der Waals surface area contributed by atoms with Crippen LogP contribution in [0.3, 0.4) is 0 Å². The molecule has 2 nitrogen and oxygen atoms in total. The molecule has 0 saturated carbocycles. The van der Waals surface area contributed by atoms with Gasteiger partial charge in [0.1, 0.15) is 0 Å². The van der Waals surface area contributed by atoms with Crippen LogP contribution >= 0.6 is 0 Å². The Morgan fingerprint density at radius 2 is 1.66 bits per heavy atom. The Labute approximate surface area is 171 Å². The van der Waals surface area contributed by atoms with Gasteiger partial charge >= 0.3 is 0 Å². The summed E-state index contributed by atoms with van der Waals surface area (Å²) in [6.07, 6.45) is 12.8. The molecule has 0 fully saturated rings. The molecule has 1 heterocycles. The SMILES string of the molecule is Cc1ccc(-c2nc3c(c(-c4cccc(C5=CCCC=C5)c4)n2)C=C=C=C3)cc1. The van der Waals surface area contributed by atoms with Gasteiger partial charge in [0.2, 0.25) is 0 Å². The van der Waals surface area contributed by atoms with Crippen molar-refractivity contribution in [2.24, 2.45) is 0 Å². The Hall–Kier alpha value is -3.70. The number of aryl methyl sites for hydroxylation is 1. The van der Waals surface area contributed by atoms with E-state index >= 15 is 0 Å². The lowest BCUT2D eigenvalue weighted by atomic mass is 9.95. The van der Waals surface area contributed by atoms with E-state index in [0.29, 0.717) is 0 Å². The van der Waals surface area contributed by atoms with Gasteiger partial charge < -0.3 is 0 Å². The molecule has 2 heteroatoms. The van der Waals surface area contributed by atoms with Crippen LogP contribution in [-0.2, 0) is 0 Å². The molecule has 0 saturated heterocycles. The molecule has 5 rings (SSSR count). The second-order valence-electron chi connectivity index (χ2n) is 7.36. The molecular weight excluding hydrogens is 352 g/mol. The maximum absolute atomic E-state index is 4.97. The van der Waals surface area contributed by atoms with Crippen LogP contribution in [0.4, 0.5) is 0 Å². The Morgan fingerprint density at radius 3 is 2.48 bits per heavy atom. The van der Waals surface area contributed by atoms with E-state index in [-0.39, 0.29) is 0 Å². The summed E-state index contributed by atoms with van der Waals surface area (Å²) in [4.78, 5) is 9.76. The molecule has 0 atom stereocenters. The number of hydrogen-bond acceptors (Lipinski definition) is 2.